The first-order chi connectivity index (χ1) is 14.0. The van der Waals surface area contributed by atoms with Crippen molar-refractivity contribution in [3.05, 3.63) is 74.9 Å². The summed E-state index contributed by atoms with van der Waals surface area (Å²) in [5, 5.41) is 8.14. The number of rotatable bonds is 5. The second kappa shape index (κ2) is 8.06. The third kappa shape index (κ3) is 4.16. The smallest absolute Gasteiger partial charge is 0.345 e. The topological polar surface area (TPSA) is 76.7 Å². The van der Waals surface area contributed by atoms with Crippen LogP contribution in [0.25, 0.3) is 22.2 Å². The van der Waals surface area contributed by atoms with Gasteiger partial charge in [0.25, 0.3) is 0 Å². The molecule has 0 spiro atoms. The van der Waals surface area contributed by atoms with E-state index in [1.54, 1.807) is 30.7 Å². The van der Waals surface area contributed by atoms with Gasteiger partial charge in [0.15, 0.2) is 0 Å². The molecule has 0 bridgehead atoms. The van der Waals surface area contributed by atoms with Crippen molar-refractivity contribution in [2.75, 3.05) is 12.5 Å². The fourth-order valence-corrected chi connectivity index (χ4v) is 3.52. The molecular formula is C21H16ClN3O3S. The standard InChI is InChI=1S/C21H16ClN3O3S/c1-12(13-3-5-15(22)6-4-13)24-25-21-23-18(11-29-21)17-10-14-9-16(27-2)7-8-19(14)28-20(17)26/h3-11H,1-2H3,(H,23,25)/b24-12+. The molecule has 0 radical (unpaired) electrons. The predicted octanol–water partition coefficient (Wildman–Crippen LogP) is 5.41. The van der Waals surface area contributed by atoms with E-state index in [0.717, 1.165) is 16.7 Å². The van der Waals surface area contributed by atoms with E-state index >= 15 is 0 Å². The highest BCUT2D eigenvalue weighted by Crippen LogP contribution is 2.27. The van der Waals surface area contributed by atoms with Crippen LogP contribution in [0.3, 0.4) is 0 Å². The maximum absolute atomic E-state index is 12.4. The van der Waals surface area contributed by atoms with Gasteiger partial charge in [-0.05, 0) is 48.9 Å². The largest absolute Gasteiger partial charge is 0.497 e. The van der Waals surface area contributed by atoms with E-state index < -0.39 is 5.63 Å². The summed E-state index contributed by atoms with van der Waals surface area (Å²) in [6.07, 6.45) is 0. The molecule has 0 atom stereocenters. The summed E-state index contributed by atoms with van der Waals surface area (Å²) < 4.78 is 10.7. The zero-order chi connectivity index (χ0) is 20.4. The van der Waals surface area contributed by atoms with Gasteiger partial charge in [-0.25, -0.2) is 9.78 Å². The van der Waals surface area contributed by atoms with Crippen molar-refractivity contribution in [2.45, 2.75) is 6.92 Å². The number of hydrogen-bond acceptors (Lipinski definition) is 7. The lowest BCUT2D eigenvalue weighted by molar-refractivity contribution is 0.415. The van der Waals surface area contributed by atoms with E-state index in [9.17, 15) is 4.79 Å². The second-order valence-corrected chi connectivity index (χ2v) is 7.50. The lowest BCUT2D eigenvalue weighted by Gasteiger charge is -2.03. The molecule has 4 aromatic rings. The monoisotopic (exact) mass is 425 g/mol. The number of hydrogen-bond donors (Lipinski definition) is 1. The van der Waals surface area contributed by atoms with Crippen LogP contribution in [-0.4, -0.2) is 17.8 Å². The number of thiazole rings is 1. The molecule has 2 heterocycles. The zero-order valence-corrected chi connectivity index (χ0v) is 17.2. The normalized spacial score (nSPS) is 11.6. The quantitative estimate of drug-likeness (QED) is 0.262. The molecule has 6 nitrogen and oxygen atoms in total. The highest BCUT2D eigenvalue weighted by atomic mass is 35.5. The molecule has 0 aliphatic rings. The van der Waals surface area contributed by atoms with Gasteiger partial charge in [-0.3, -0.25) is 5.43 Å². The molecule has 29 heavy (non-hydrogen) atoms. The number of benzene rings is 2. The van der Waals surface area contributed by atoms with Crippen molar-refractivity contribution in [1.29, 1.82) is 0 Å². The Morgan fingerprint density at radius 2 is 2.00 bits per heavy atom. The first-order valence-corrected chi connectivity index (χ1v) is 9.93. The van der Waals surface area contributed by atoms with Crippen molar-refractivity contribution in [1.82, 2.24) is 4.98 Å². The van der Waals surface area contributed by atoms with Gasteiger partial charge in [0, 0.05) is 15.8 Å². The van der Waals surface area contributed by atoms with Crippen LogP contribution in [0.15, 0.2) is 68.2 Å². The minimum atomic E-state index is -0.444. The van der Waals surface area contributed by atoms with Gasteiger partial charge in [-0.1, -0.05) is 23.7 Å². The molecule has 4 rings (SSSR count). The Morgan fingerprint density at radius 1 is 1.21 bits per heavy atom. The first kappa shape index (κ1) is 19.2. The second-order valence-electron chi connectivity index (χ2n) is 6.21. The van der Waals surface area contributed by atoms with Crippen molar-refractivity contribution in [3.63, 3.8) is 0 Å². The third-order valence-electron chi connectivity index (χ3n) is 4.30. The van der Waals surface area contributed by atoms with Gasteiger partial charge in [0.1, 0.15) is 11.3 Å². The molecule has 0 saturated heterocycles. The van der Waals surface area contributed by atoms with Crippen LogP contribution in [0.5, 0.6) is 5.75 Å². The van der Waals surface area contributed by atoms with Crippen molar-refractivity contribution >= 4 is 44.8 Å². The molecular weight excluding hydrogens is 410 g/mol. The Labute approximate surface area is 175 Å². The lowest BCUT2D eigenvalue weighted by Crippen LogP contribution is -2.03. The Balaban J connectivity index is 1.60. The van der Waals surface area contributed by atoms with E-state index in [1.165, 1.54) is 11.3 Å². The van der Waals surface area contributed by atoms with E-state index in [-0.39, 0.29) is 0 Å². The lowest BCUT2D eigenvalue weighted by atomic mass is 10.1. The average Bonchev–Trinajstić information content (AvgIpc) is 3.20. The summed E-state index contributed by atoms with van der Waals surface area (Å²) >= 11 is 7.26. The van der Waals surface area contributed by atoms with Gasteiger partial charge in [0.2, 0.25) is 5.13 Å². The number of methoxy groups -OCH3 is 1. The van der Waals surface area contributed by atoms with Crippen molar-refractivity contribution < 1.29 is 9.15 Å². The van der Waals surface area contributed by atoms with Crippen LogP contribution in [0.4, 0.5) is 5.13 Å². The molecule has 1 N–H and O–H groups in total. The summed E-state index contributed by atoms with van der Waals surface area (Å²) in [5.74, 6) is 0.685. The molecule has 2 aromatic heterocycles. The summed E-state index contributed by atoms with van der Waals surface area (Å²) in [6.45, 7) is 1.89. The summed E-state index contributed by atoms with van der Waals surface area (Å²) in [4.78, 5) is 16.8. The van der Waals surface area contributed by atoms with Crippen LogP contribution in [0.2, 0.25) is 5.02 Å². The van der Waals surface area contributed by atoms with Gasteiger partial charge in [-0.15, -0.1) is 11.3 Å². The molecule has 0 fully saturated rings. The van der Waals surface area contributed by atoms with Crippen LogP contribution >= 0.6 is 22.9 Å². The van der Waals surface area contributed by atoms with Gasteiger partial charge in [0.05, 0.1) is 24.1 Å². The van der Waals surface area contributed by atoms with Crippen molar-refractivity contribution in [2.24, 2.45) is 5.10 Å². The van der Waals surface area contributed by atoms with E-state index in [4.69, 9.17) is 20.8 Å². The van der Waals surface area contributed by atoms with Gasteiger partial charge >= 0.3 is 5.63 Å². The maximum atomic E-state index is 12.4. The van der Waals surface area contributed by atoms with Gasteiger partial charge in [-0.2, -0.15) is 5.10 Å². The minimum absolute atomic E-state index is 0.383. The number of nitrogens with one attached hydrogen (secondary N) is 1. The number of hydrazone groups is 1. The number of ether oxygens (including phenoxy) is 1. The first-order valence-electron chi connectivity index (χ1n) is 8.67. The summed E-state index contributed by atoms with van der Waals surface area (Å²) in [7, 11) is 1.59. The fourth-order valence-electron chi connectivity index (χ4n) is 2.74. The molecule has 0 aliphatic heterocycles. The molecule has 146 valence electrons. The number of anilines is 1. The Kier molecular flexibility index (Phi) is 5.33. The fraction of sp³-hybridized carbons (Fsp3) is 0.0952. The Hall–Kier alpha value is -3.16. The highest BCUT2D eigenvalue weighted by Gasteiger charge is 2.12. The number of fused-ring (bicyclic) bond motifs is 1. The zero-order valence-electron chi connectivity index (χ0n) is 15.6. The molecule has 0 amide bonds. The number of aromatic nitrogens is 1. The third-order valence-corrected chi connectivity index (χ3v) is 5.30. The SMILES string of the molecule is COc1ccc2oc(=O)c(-c3csc(N/N=C(\C)c4ccc(Cl)cc4)n3)cc2c1. The Morgan fingerprint density at radius 3 is 2.76 bits per heavy atom. The molecule has 0 aliphatic carbocycles. The molecule has 0 unspecified atom stereocenters. The van der Waals surface area contributed by atoms with Crippen LogP contribution in [-0.2, 0) is 0 Å². The number of nitrogens with zero attached hydrogens (tertiary/aromatic N) is 2. The van der Waals surface area contributed by atoms with Crippen LogP contribution in [0.1, 0.15) is 12.5 Å². The van der Waals surface area contributed by atoms with E-state index in [2.05, 4.69) is 15.5 Å². The number of halogens is 1. The maximum Gasteiger partial charge on any atom is 0.345 e. The molecule has 8 heteroatoms. The van der Waals surface area contributed by atoms with Crippen LogP contribution in [0, 0.1) is 0 Å². The summed E-state index contributed by atoms with van der Waals surface area (Å²) in [5.41, 5.74) is 5.63. The van der Waals surface area contributed by atoms with E-state index in [0.29, 0.717) is 32.7 Å². The average molecular weight is 426 g/mol. The van der Waals surface area contributed by atoms with Crippen LogP contribution < -0.4 is 15.8 Å². The van der Waals surface area contributed by atoms with E-state index in [1.807, 2.05) is 37.3 Å². The predicted molar refractivity (Wildman–Crippen MR) is 117 cm³/mol. The molecule has 0 saturated carbocycles. The summed E-state index contributed by atoms with van der Waals surface area (Å²) in [6, 6.07) is 14.4. The molecule has 2 aromatic carbocycles. The minimum Gasteiger partial charge on any atom is -0.497 e. The Bertz CT molecular complexity index is 1260. The highest BCUT2D eigenvalue weighted by molar-refractivity contribution is 7.14. The van der Waals surface area contributed by atoms with Gasteiger partial charge < -0.3 is 9.15 Å². The van der Waals surface area contributed by atoms with Crippen molar-refractivity contribution in [3.8, 4) is 17.0 Å².